The summed E-state index contributed by atoms with van der Waals surface area (Å²) in [6.45, 7) is -1.24. The number of imidazole rings is 1. The zero-order valence-corrected chi connectivity index (χ0v) is 11.4. The highest BCUT2D eigenvalue weighted by Crippen LogP contribution is 2.20. The Morgan fingerprint density at radius 2 is 2.10 bits per heavy atom. The number of H-pyrrole nitrogens is 1. The van der Waals surface area contributed by atoms with Crippen molar-refractivity contribution in [3.63, 3.8) is 0 Å². The van der Waals surface area contributed by atoms with E-state index in [1.54, 1.807) is 0 Å². The first-order valence-electron chi connectivity index (χ1n) is 5.73. The topological polar surface area (TPSA) is 49.0 Å². The molecule has 8 heteroatoms. The molecule has 20 heavy (non-hydrogen) atoms. The van der Waals surface area contributed by atoms with Crippen LogP contribution in [0.1, 0.15) is 0 Å². The summed E-state index contributed by atoms with van der Waals surface area (Å²) >= 11 is 1.08. The lowest BCUT2D eigenvalue weighted by atomic mass is 10.3. The highest BCUT2D eigenvalue weighted by atomic mass is 32.2. The molecular formula is C12H12F3N3OS. The molecule has 1 N–H and O–H groups in total. The van der Waals surface area contributed by atoms with Crippen molar-refractivity contribution in [3.05, 3.63) is 24.3 Å². The number of benzene rings is 1. The number of aromatic amines is 1. The zero-order valence-electron chi connectivity index (χ0n) is 10.6. The second-order valence-electron chi connectivity index (χ2n) is 4.21. The molecule has 0 atom stereocenters. The van der Waals surface area contributed by atoms with Gasteiger partial charge in [-0.1, -0.05) is 23.9 Å². The van der Waals surface area contributed by atoms with Gasteiger partial charge in [0.2, 0.25) is 5.91 Å². The maximum Gasteiger partial charge on any atom is 0.406 e. The predicted octanol–water partition coefficient (Wildman–Crippen LogP) is 2.68. The number of aromatic nitrogens is 2. The van der Waals surface area contributed by atoms with Crippen molar-refractivity contribution >= 4 is 28.7 Å². The molecule has 2 rings (SSSR count). The molecule has 0 aliphatic rings. The van der Waals surface area contributed by atoms with Crippen molar-refractivity contribution in [1.29, 1.82) is 0 Å². The van der Waals surface area contributed by atoms with E-state index in [4.69, 9.17) is 0 Å². The average molecular weight is 303 g/mol. The van der Waals surface area contributed by atoms with Crippen LogP contribution < -0.4 is 0 Å². The van der Waals surface area contributed by atoms with Gasteiger partial charge >= 0.3 is 6.18 Å². The lowest BCUT2D eigenvalue weighted by Gasteiger charge is -2.18. The molecule has 0 unspecified atom stereocenters. The molecule has 2 aromatic rings. The smallest absolute Gasteiger partial charge is 0.336 e. The van der Waals surface area contributed by atoms with Gasteiger partial charge in [-0.25, -0.2) is 4.98 Å². The summed E-state index contributed by atoms with van der Waals surface area (Å²) in [6.07, 6.45) is -4.38. The van der Waals surface area contributed by atoms with E-state index in [1.807, 2.05) is 24.3 Å². The highest BCUT2D eigenvalue weighted by Gasteiger charge is 2.31. The Hall–Kier alpha value is -1.70. The summed E-state index contributed by atoms with van der Waals surface area (Å²) in [7, 11) is 1.13. The molecule has 1 heterocycles. The molecule has 0 aliphatic heterocycles. The summed E-state index contributed by atoms with van der Waals surface area (Å²) in [4.78, 5) is 19.5. The first-order chi connectivity index (χ1) is 9.35. The molecule has 0 radical (unpaired) electrons. The number of hydrogen-bond acceptors (Lipinski definition) is 3. The van der Waals surface area contributed by atoms with E-state index in [0.29, 0.717) is 10.1 Å². The molecule has 0 bridgehead atoms. The molecule has 0 aliphatic carbocycles. The molecule has 1 amide bonds. The second-order valence-corrected chi connectivity index (χ2v) is 5.18. The maximum absolute atomic E-state index is 12.2. The maximum atomic E-state index is 12.2. The number of carbonyl (C=O) groups is 1. The van der Waals surface area contributed by atoms with Crippen molar-refractivity contribution in [2.75, 3.05) is 19.3 Å². The normalized spacial score (nSPS) is 11.8. The summed E-state index contributed by atoms with van der Waals surface area (Å²) in [5, 5.41) is 0.514. The number of thioether (sulfide) groups is 1. The van der Waals surface area contributed by atoms with Gasteiger partial charge in [0, 0.05) is 7.05 Å². The quantitative estimate of drug-likeness (QED) is 0.884. The van der Waals surface area contributed by atoms with Crippen molar-refractivity contribution in [1.82, 2.24) is 14.9 Å². The van der Waals surface area contributed by atoms with Gasteiger partial charge in [0.1, 0.15) is 6.54 Å². The van der Waals surface area contributed by atoms with Crippen LogP contribution in [0.2, 0.25) is 0 Å². The Bertz CT molecular complexity index is 578. The van der Waals surface area contributed by atoms with E-state index in [-0.39, 0.29) is 5.75 Å². The van der Waals surface area contributed by atoms with Gasteiger partial charge in [-0.2, -0.15) is 13.2 Å². The van der Waals surface area contributed by atoms with Crippen LogP contribution >= 0.6 is 11.8 Å². The van der Waals surface area contributed by atoms with E-state index >= 15 is 0 Å². The van der Waals surface area contributed by atoms with Crippen LogP contribution in [0.5, 0.6) is 0 Å². The monoisotopic (exact) mass is 303 g/mol. The summed E-state index contributed by atoms with van der Waals surface area (Å²) in [6, 6.07) is 7.33. The molecule has 0 saturated carbocycles. The van der Waals surface area contributed by atoms with Crippen LogP contribution in [0.3, 0.4) is 0 Å². The number of nitrogens with one attached hydrogen (secondary N) is 1. The zero-order chi connectivity index (χ0) is 14.8. The third-order valence-corrected chi connectivity index (χ3v) is 3.40. The van der Waals surface area contributed by atoms with E-state index in [9.17, 15) is 18.0 Å². The third-order valence-electron chi connectivity index (χ3n) is 2.54. The molecule has 1 aromatic carbocycles. The van der Waals surface area contributed by atoms with Crippen LogP contribution in [0.25, 0.3) is 11.0 Å². The second kappa shape index (κ2) is 5.74. The fourth-order valence-electron chi connectivity index (χ4n) is 1.60. The third kappa shape index (κ3) is 3.89. The van der Waals surface area contributed by atoms with Crippen molar-refractivity contribution in [2.24, 2.45) is 0 Å². The number of fused-ring (bicyclic) bond motifs is 1. The molecule has 0 spiro atoms. The first-order valence-corrected chi connectivity index (χ1v) is 6.72. The minimum Gasteiger partial charge on any atom is -0.336 e. The number of rotatable bonds is 4. The lowest BCUT2D eigenvalue weighted by Crippen LogP contribution is -2.36. The van der Waals surface area contributed by atoms with Crippen molar-refractivity contribution in [2.45, 2.75) is 11.3 Å². The van der Waals surface area contributed by atoms with Crippen molar-refractivity contribution in [3.8, 4) is 0 Å². The number of halogens is 3. The number of alkyl halides is 3. The van der Waals surface area contributed by atoms with E-state index in [1.165, 1.54) is 0 Å². The Balaban J connectivity index is 1.93. The number of para-hydroxylation sites is 2. The largest absolute Gasteiger partial charge is 0.406 e. The van der Waals surface area contributed by atoms with Gasteiger partial charge in [-0.05, 0) is 12.1 Å². The molecule has 0 fully saturated rings. The lowest BCUT2D eigenvalue weighted by molar-refractivity contribution is -0.156. The standard InChI is InChI=1S/C12H12F3N3OS/c1-18(7-12(13,14)15)10(19)6-20-11-16-8-4-2-3-5-9(8)17-11/h2-5H,6-7H2,1H3,(H,16,17). The average Bonchev–Trinajstić information content (AvgIpc) is 2.76. The first kappa shape index (κ1) is 14.7. The van der Waals surface area contributed by atoms with E-state index in [0.717, 1.165) is 29.8 Å². The Labute approximate surface area is 117 Å². The van der Waals surface area contributed by atoms with Gasteiger partial charge in [-0.3, -0.25) is 4.79 Å². The number of amides is 1. The Morgan fingerprint density at radius 1 is 1.40 bits per heavy atom. The van der Waals surface area contributed by atoms with Gasteiger partial charge < -0.3 is 9.88 Å². The van der Waals surface area contributed by atoms with Gasteiger partial charge in [0.15, 0.2) is 5.16 Å². The molecule has 1 aromatic heterocycles. The molecule has 4 nitrogen and oxygen atoms in total. The van der Waals surface area contributed by atoms with Gasteiger partial charge in [0.05, 0.1) is 16.8 Å². The number of nitrogens with zero attached hydrogens (tertiary/aromatic N) is 2. The van der Waals surface area contributed by atoms with Crippen LogP contribution in [0.15, 0.2) is 29.4 Å². The van der Waals surface area contributed by atoms with E-state index in [2.05, 4.69) is 9.97 Å². The van der Waals surface area contributed by atoms with Crippen LogP contribution in [-0.4, -0.2) is 46.3 Å². The summed E-state index contributed by atoms with van der Waals surface area (Å²) in [5.41, 5.74) is 1.58. The minimum atomic E-state index is -4.38. The Morgan fingerprint density at radius 3 is 2.75 bits per heavy atom. The van der Waals surface area contributed by atoms with Gasteiger partial charge in [0.25, 0.3) is 0 Å². The number of carbonyl (C=O) groups excluding carboxylic acids is 1. The SMILES string of the molecule is CN(CC(F)(F)F)C(=O)CSc1nc2ccccc2[nH]1. The summed E-state index contributed by atoms with van der Waals surface area (Å²) in [5.74, 6) is -0.681. The molecule has 0 saturated heterocycles. The predicted molar refractivity (Wildman–Crippen MR) is 70.5 cm³/mol. The van der Waals surface area contributed by atoms with Crippen LogP contribution in [0.4, 0.5) is 13.2 Å². The Kier molecular flexibility index (Phi) is 4.22. The number of hydrogen-bond donors (Lipinski definition) is 1. The fraction of sp³-hybridized carbons (Fsp3) is 0.333. The minimum absolute atomic E-state index is 0.0909. The molecule has 108 valence electrons. The van der Waals surface area contributed by atoms with Crippen molar-refractivity contribution < 1.29 is 18.0 Å². The summed E-state index contributed by atoms with van der Waals surface area (Å²) < 4.78 is 36.5. The molecular weight excluding hydrogens is 291 g/mol. The van der Waals surface area contributed by atoms with E-state index < -0.39 is 18.6 Å². The van der Waals surface area contributed by atoms with Crippen LogP contribution in [0, 0.1) is 0 Å². The van der Waals surface area contributed by atoms with Crippen LogP contribution in [-0.2, 0) is 4.79 Å². The fourth-order valence-corrected chi connectivity index (χ4v) is 2.42. The van der Waals surface area contributed by atoms with Gasteiger partial charge in [-0.15, -0.1) is 0 Å². The highest BCUT2D eigenvalue weighted by molar-refractivity contribution is 7.99.